The normalized spacial score (nSPS) is 8.82. The number of carboxylic acid groups (broad SMARTS) is 1. The van der Waals surface area contributed by atoms with Crippen LogP contribution in [0, 0.1) is 0 Å². The molecule has 0 fully saturated rings. The zero-order valence-electron chi connectivity index (χ0n) is 5.87. The molecule has 0 atom stereocenters. The van der Waals surface area contributed by atoms with Gasteiger partial charge in [-0.05, 0) is 6.92 Å². The van der Waals surface area contributed by atoms with Crippen molar-refractivity contribution < 1.29 is 36.2 Å². The summed E-state index contributed by atoms with van der Waals surface area (Å²) >= 11 is 0. The Morgan fingerprint density at radius 1 is 1.45 bits per heavy atom. The summed E-state index contributed by atoms with van der Waals surface area (Å²) in [6.45, 7) is 1.90. The minimum absolute atomic E-state index is 0. The summed E-state index contributed by atoms with van der Waals surface area (Å²) in [5.74, 6) is -1.79. The fourth-order valence-corrected chi connectivity index (χ4v) is 0.330. The summed E-state index contributed by atoms with van der Waals surface area (Å²) in [6.07, 6.45) is 1.60. The van der Waals surface area contributed by atoms with Crippen LogP contribution in [-0.4, -0.2) is 23.7 Å². The number of rotatable bonds is 3. The molecule has 0 spiro atoms. The molecular formula is C6H8CoO4. The maximum atomic E-state index is 10.4. The van der Waals surface area contributed by atoms with Crippen LogP contribution in [0.4, 0.5) is 0 Å². The number of carboxylic acids is 1. The summed E-state index contributed by atoms with van der Waals surface area (Å²) in [4.78, 5) is 20.2. The summed E-state index contributed by atoms with van der Waals surface area (Å²) in [5, 5.41) is 8.04. The van der Waals surface area contributed by atoms with Gasteiger partial charge in [-0.1, -0.05) is 0 Å². The molecule has 1 N–H and O–H groups in total. The maximum Gasteiger partial charge on any atom is 0.330 e. The Morgan fingerprint density at radius 2 is 2.00 bits per heavy atom. The van der Waals surface area contributed by atoms with Crippen molar-refractivity contribution in [3.63, 3.8) is 0 Å². The van der Waals surface area contributed by atoms with Crippen LogP contribution in [-0.2, 0) is 31.1 Å². The molecule has 0 aromatic heterocycles. The predicted octanol–water partition coefficient (Wildman–Crippen LogP) is 0.188. The van der Waals surface area contributed by atoms with Gasteiger partial charge in [0.25, 0.3) is 0 Å². The van der Waals surface area contributed by atoms with Gasteiger partial charge in [-0.3, -0.25) is 0 Å². The van der Waals surface area contributed by atoms with E-state index in [1.807, 2.05) is 0 Å². The number of carbonyl (C=O) groups excluding carboxylic acids is 1. The molecule has 0 aliphatic carbocycles. The molecule has 0 aromatic carbocycles. The minimum Gasteiger partial charge on any atom is -0.478 e. The Labute approximate surface area is 74.4 Å². The standard InChI is InChI=1S/C6H8O4.Co/c1-2-10-6(9)4-3-5(7)8;/h3-4H,2H2,1H3,(H,7,8);/b4-3+;. The number of hydrogen-bond acceptors (Lipinski definition) is 3. The van der Waals surface area contributed by atoms with Crippen molar-refractivity contribution in [2.24, 2.45) is 0 Å². The van der Waals surface area contributed by atoms with Crippen LogP contribution in [0.1, 0.15) is 6.92 Å². The monoisotopic (exact) mass is 203 g/mol. The van der Waals surface area contributed by atoms with Gasteiger partial charge in [0.1, 0.15) is 0 Å². The predicted molar refractivity (Wildman–Crippen MR) is 33.4 cm³/mol. The Bertz CT molecular complexity index is 164. The molecule has 0 unspecified atom stereocenters. The summed E-state index contributed by atoms with van der Waals surface area (Å²) in [6, 6.07) is 0. The van der Waals surface area contributed by atoms with Gasteiger partial charge in [0.05, 0.1) is 6.61 Å². The van der Waals surface area contributed by atoms with Gasteiger partial charge in [-0.2, -0.15) is 0 Å². The molecule has 1 radical (unpaired) electrons. The third-order valence-corrected chi connectivity index (χ3v) is 0.649. The molecule has 0 heterocycles. The van der Waals surface area contributed by atoms with E-state index in [1.165, 1.54) is 0 Å². The van der Waals surface area contributed by atoms with Gasteiger partial charge < -0.3 is 9.84 Å². The topological polar surface area (TPSA) is 63.6 Å². The molecule has 0 aliphatic rings. The largest absolute Gasteiger partial charge is 0.478 e. The smallest absolute Gasteiger partial charge is 0.330 e. The minimum atomic E-state index is -1.16. The van der Waals surface area contributed by atoms with Gasteiger partial charge in [0.15, 0.2) is 0 Å². The average molecular weight is 203 g/mol. The fourth-order valence-electron chi connectivity index (χ4n) is 0.330. The number of carbonyl (C=O) groups is 2. The molecule has 0 saturated carbocycles. The van der Waals surface area contributed by atoms with Crippen molar-refractivity contribution >= 4 is 11.9 Å². The molecule has 0 amide bonds. The van der Waals surface area contributed by atoms with E-state index < -0.39 is 11.9 Å². The van der Waals surface area contributed by atoms with E-state index in [4.69, 9.17) is 5.11 Å². The van der Waals surface area contributed by atoms with Crippen molar-refractivity contribution in [2.75, 3.05) is 6.61 Å². The van der Waals surface area contributed by atoms with Crippen molar-refractivity contribution in [1.82, 2.24) is 0 Å². The molecular weight excluding hydrogens is 195 g/mol. The third-order valence-electron chi connectivity index (χ3n) is 0.649. The van der Waals surface area contributed by atoms with Crippen molar-refractivity contribution in [2.45, 2.75) is 6.92 Å². The number of hydrogen-bond donors (Lipinski definition) is 1. The third kappa shape index (κ3) is 9.19. The van der Waals surface area contributed by atoms with E-state index in [9.17, 15) is 9.59 Å². The average Bonchev–Trinajstić information content (AvgIpc) is 1.85. The Morgan fingerprint density at radius 3 is 2.36 bits per heavy atom. The van der Waals surface area contributed by atoms with E-state index in [0.717, 1.165) is 12.2 Å². The van der Waals surface area contributed by atoms with Gasteiger partial charge in [-0.25, -0.2) is 9.59 Å². The number of esters is 1. The van der Waals surface area contributed by atoms with Gasteiger partial charge in [0, 0.05) is 28.9 Å². The van der Waals surface area contributed by atoms with Crippen molar-refractivity contribution in [1.29, 1.82) is 0 Å². The zero-order chi connectivity index (χ0) is 7.98. The van der Waals surface area contributed by atoms with Crippen LogP contribution in [0.5, 0.6) is 0 Å². The van der Waals surface area contributed by atoms with Crippen LogP contribution in [0.2, 0.25) is 0 Å². The van der Waals surface area contributed by atoms with Crippen molar-refractivity contribution in [3.8, 4) is 0 Å². The molecule has 0 aromatic rings. The first-order chi connectivity index (χ1) is 4.66. The molecule has 0 aliphatic heterocycles. The Hall–Kier alpha value is -0.814. The van der Waals surface area contributed by atoms with Gasteiger partial charge in [-0.15, -0.1) is 0 Å². The number of ether oxygens (including phenoxy) is 1. The number of aliphatic carboxylic acids is 1. The second-order valence-corrected chi connectivity index (χ2v) is 1.42. The van der Waals surface area contributed by atoms with Gasteiger partial charge in [0.2, 0.25) is 0 Å². The Balaban J connectivity index is 0. The first kappa shape index (κ1) is 12.8. The van der Waals surface area contributed by atoms with E-state index in [0.29, 0.717) is 0 Å². The molecule has 0 rings (SSSR count). The van der Waals surface area contributed by atoms with Crippen LogP contribution in [0.3, 0.4) is 0 Å². The summed E-state index contributed by atoms with van der Waals surface area (Å²) in [5.41, 5.74) is 0. The van der Waals surface area contributed by atoms with Crippen LogP contribution in [0.25, 0.3) is 0 Å². The maximum absolute atomic E-state index is 10.4. The zero-order valence-corrected chi connectivity index (χ0v) is 6.91. The van der Waals surface area contributed by atoms with E-state index in [-0.39, 0.29) is 23.4 Å². The van der Waals surface area contributed by atoms with Gasteiger partial charge >= 0.3 is 11.9 Å². The van der Waals surface area contributed by atoms with Crippen LogP contribution in [0.15, 0.2) is 12.2 Å². The molecule has 4 nitrogen and oxygen atoms in total. The first-order valence-electron chi connectivity index (χ1n) is 2.74. The Kier molecular flexibility index (Phi) is 8.51. The molecule has 11 heavy (non-hydrogen) atoms. The van der Waals surface area contributed by atoms with Crippen molar-refractivity contribution in [3.05, 3.63) is 12.2 Å². The second-order valence-electron chi connectivity index (χ2n) is 1.42. The first-order valence-corrected chi connectivity index (χ1v) is 2.74. The summed E-state index contributed by atoms with van der Waals surface area (Å²) in [7, 11) is 0. The second kappa shape index (κ2) is 7.30. The molecule has 65 valence electrons. The quantitative estimate of drug-likeness (QED) is 0.525. The van der Waals surface area contributed by atoms with E-state index in [1.54, 1.807) is 6.92 Å². The molecule has 0 bridgehead atoms. The van der Waals surface area contributed by atoms with Crippen LogP contribution < -0.4 is 0 Å². The molecule has 5 heteroatoms. The van der Waals surface area contributed by atoms with E-state index in [2.05, 4.69) is 4.74 Å². The van der Waals surface area contributed by atoms with E-state index >= 15 is 0 Å². The molecule has 0 saturated heterocycles. The van der Waals surface area contributed by atoms with Crippen LogP contribution >= 0.6 is 0 Å². The SMILES string of the molecule is CCOC(=O)/C=C/C(=O)O.[Co]. The summed E-state index contributed by atoms with van der Waals surface area (Å²) < 4.78 is 4.40. The fraction of sp³-hybridized carbons (Fsp3) is 0.333.